The van der Waals surface area contributed by atoms with Gasteiger partial charge in [-0.15, -0.1) is 0 Å². The summed E-state index contributed by atoms with van der Waals surface area (Å²) in [5, 5.41) is 4.05. The molecule has 2 rings (SSSR count). The van der Waals surface area contributed by atoms with Crippen molar-refractivity contribution in [1.82, 2.24) is 0 Å². The monoisotopic (exact) mass is 214 g/mol. The average Bonchev–Trinajstić information content (AvgIpc) is 2.32. The van der Waals surface area contributed by atoms with Gasteiger partial charge in [0.2, 0.25) is 11.6 Å². The Kier molecular flexibility index (Phi) is 2.91. The summed E-state index contributed by atoms with van der Waals surface area (Å²) in [6, 6.07) is 9.40. The fraction of sp³-hybridized carbons (Fsp3) is 0.0833. The Morgan fingerprint density at radius 1 is 1.06 bits per heavy atom. The maximum Gasteiger partial charge on any atom is 0.221 e. The molecular weight excluding hydrogens is 204 g/mol. The number of allylic oxidation sites excluding steroid dienone is 2. The molecule has 0 aliphatic heterocycles. The Labute approximate surface area is 92.7 Å². The SMILES string of the molecule is O=C1C=C/C(=N/Nc2ccccc2)CC1=O. The zero-order valence-electron chi connectivity index (χ0n) is 8.51. The quantitative estimate of drug-likeness (QED) is 0.600. The number of ketones is 2. The van der Waals surface area contributed by atoms with Crippen LogP contribution in [0.3, 0.4) is 0 Å². The van der Waals surface area contributed by atoms with Crippen LogP contribution >= 0.6 is 0 Å². The third-order valence-electron chi connectivity index (χ3n) is 2.15. The van der Waals surface area contributed by atoms with Gasteiger partial charge in [-0.2, -0.15) is 5.10 Å². The molecule has 0 unspecified atom stereocenters. The van der Waals surface area contributed by atoms with Gasteiger partial charge in [0, 0.05) is 0 Å². The molecule has 1 aliphatic rings. The molecule has 0 saturated heterocycles. The van der Waals surface area contributed by atoms with Gasteiger partial charge in [0.1, 0.15) is 0 Å². The first-order valence-electron chi connectivity index (χ1n) is 4.88. The highest BCUT2D eigenvalue weighted by Gasteiger charge is 2.17. The lowest BCUT2D eigenvalue weighted by Crippen LogP contribution is -2.20. The van der Waals surface area contributed by atoms with E-state index in [0.29, 0.717) is 5.71 Å². The van der Waals surface area contributed by atoms with Crippen molar-refractivity contribution in [2.45, 2.75) is 6.42 Å². The van der Waals surface area contributed by atoms with Gasteiger partial charge in [-0.3, -0.25) is 15.0 Å². The number of hydrogen-bond acceptors (Lipinski definition) is 4. The van der Waals surface area contributed by atoms with E-state index in [2.05, 4.69) is 10.5 Å². The molecule has 1 aromatic carbocycles. The van der Waals surface area contributed by atoms with Crippen LogP contribution in [0.1, 0.15) is 6.42 Å². The zero-order valence-corrected chi connectivity index (χ0v) is 8.51. The molecule has 0 spiro atoms. The van der Waals surface area contributed by atoms with Gasteiger partial charge in [0.05, 0.1) is 17.8 Å². The molecule has 1 N–H and O–H groups in total. The van der Waals surface area contributed by atoms with Crippen LogP contribution in [-0.2, 0) is 9.59 Å². The Hall–Kier alpha value is -2.23. The van der Waals surface area contributed by atoms with E-state index in [-0.39, 0.29) is 6.42 Å². The van der Waals surface area contributed by atoms with Crippen molar-refractivity contribution in [3.05, 3.63) is 42.5 Å². The molecule has 0 aromatic heterocycles. The van der Waals surface area contributed by atoms with Crippen LogP contribution < -0.4 is 5.43 Å². The van der Waals surface area contributed by atoms with Crippen molar-refractivity contribution in [2.75, 3.05) is 5.43 Å². The number of para-hydroxylation sites is 1. The predicted octanol–water partition coefficient (Wildman–Crippen LogP) is 1.55. The second kappa shape index (κ2) is 4.53. The Balaban J connectivity index is 2.07. The van der Waals surface area contributed by atoms with E-state index < -0.39 is 11.6 Å². The summed E-state index contributed by atoms with van der Waals surface area (Å²) in [5.74, 6) is -0.880. The van der Waals surface area contributed by atoms with Gasteiger partial charge in [-0.05, 0) is 24.3 Å². The summed E-state index contributed by atoms with van der Waals surface area (Å²) in [6.45, 7) is 0. The third-order valence-corrected chi connectivity index (χ3v) is 2.15. The molecule has 0 saturated carbocycles. The molecule has 4 nitrogen and oxygen atoms in total. The van der Waals surface area contributed by atoms with Crippen molar-refractivity contribution in [3.8, 4) is 0 Å². The second-order valence-corrected chi connectivity index (χ2v) is 3.38. The number of carbonyl (C=O) groups excluding carboxylic acids is 2. The van der Waals surface area contributed by atoms with E-state index in [1.807, 2.05) is 30.3 Å². The van der Waals surface area contributed by atoms with E-state index in [4.69, 9.17) is 0 Å². The summed E-state index contributed by atoms with van der Waals surface area (Å²) >= 11 is 0. The summed E-state index contributed by atoms with van der Waals surface area (Å²) in [4.78, 5) is 22.0. The first-order chi connectivity index (χ1) is 7.75. The largest absolute Gasteiger partial charge is 0.290 e. The van der Waals surface area contributed by atoms with Gasteiger partial charge in [0.15, 0.2) is 0 Å². The van der Waals surface area contributed by atoms with E-state index >= 15 is 0 Å². The number of nitrogens with zero attached hydrogens (tertiary/aromatic N) is 1. The minimum Gasteiger partial charge on any atom is -0.290 e. The second-order valence-electron chi connectivity index (χ2n) is 3.38. The molecule has 0 heterocycles. The third kappa shape index (κ3) is 2.42. The summed E-state index contributed by atoms with van der Waals surface area (Å²) in [5.41, 5.74) is 4.23. The molecule has 16 heavy (non-hydrogen) atoms. The van der Waals surface area contributed by atoms with Gasteiger partial charge >= 0.3 is 0 Å². The molecule has 0 fully saturated rings. The van der Waals surface area contributed by atoms with Crippen LogP contribution in [-0.4, -0.2) is 17.3 Å². The highest BCUT2D eigenvalue weighted by molar-refractivity contribution is 6.47. The number of benzene rings is 1. The molecule has 0 amide bonds. The van der Waals surface area contributed by atoms with E-state index in [0.717, 1.165) is 5.69 Å². The van der Waals surface area contributed by atoms with Crippen LogP contribution in [0.25, 0.3) is 0 Å². The molecule has 1 aromatic rings. The maximum atomic E-state index is 11.1. The molecule has 0 bridgehead atoms. The fourth-order valence-corrected chi connectivity index (χ4v) is 1.30. The predicted molar refractivity (Wildman–Crippen MR) is 61.3 cm³/mol. The van der Waals surface area contributed by atoms with Gasteiger partial charge in [-0.25, -0.2) is 0 Å². The normalized spacial score (nSPS) is 17.9. The Morgan fingerprint density at radius 2 is 1.81 bits per heavy atom. The van der Waals surface area contributed by atoms with Crippen LogP contribution in [0, 0.1) is 0 Å². The number of carbonyl (C=O) groups is 2. The lowest BCUT2D eigenvalue weighted by molar-refractivity contribution is -0.133. The summed E-state index contributed by atoms with van der Waals surface area (Å²) in [6.07, 6.45) is 2.87. The zero-order chi connectivity index (χ0) is 11.4. The van der Waals surface area contributed by atoms with Gasteiger partial charge in [0.25, 0.3) is 0 Å². The molecule has 0 atom stereocenters. The van der Waals surface area contributed by atoms with E-state index in [1.54, 1.807) is 6.08 Å². The first-order valence-corrected chi connectivity index (χ1v) is 4.88. The molecule has 0 radical (unpaired) electrons. The molecule has 1 aliphatic carbocycles. The number of anilines is 1. The number of hydrazone groups is 1. The van der Waals surface area contributed by atoms with Crippen LogP contribution in [0.4, 0.5) is 5.69 Å². The number of nitrogens with one attached hydrogen (secondary N) is 1. The van der Waals surface area contributed by atoms with E-state index in [9.17, 15) is 9.59 Å². The molecular formula is C12H10N2O2. The van der Waals surface area contributed by atoms with E-state index in [1.165, 1.54) is 6.08 Å². The van der Waals surface area contributed by atoms with Crippen molar-refractivity contribution < 1.29 is 9.59 Å². The Bertz CT molecular complexity index is 475. The minimum atomic E-state index is -0.460. The Morgan fingerprint density at radius 3 is 2.50 bits per heavy atom. The van der Waals surface area contributed by atoms with Crippen LogP contribution in [0.2, 0.25) is 0 Å². The average molecular weight is 214 g/mol. The van der Waals surface area contributed by atoms with Crippen molar-refractivity contribution in [2.24, 2.45) is 5.10 Å². The smallest absolute Gasteiger partial charge is 0.221 e. The topological polar surface area (TPSA) is 58.5 Å². The van der Waals surface area contributed by atoms with Crippen LogP contribution in [0.15, 0.2) is 47.6 Å². The lowest BCUT2D eigenvalue weighted by Gasteiger charge is -2.05. The van der Waals surface area contributed by atoms with Gasteiger partial charge < -0.3 is 0 Å². The number of Topliss-reactive ketones (excluding diaryl/α,β-unsaturated/α-hetero) is 1. The lowest BCUT2D eigenvalue weighted by atomic mass is 10.0. The standard InChI is InChI=1S/C12H10N2O2/c15-11-7-6-10(8-12(11)16)14-13-9-4-2-1-3-5-9/h1-7,13H,8H2/b14-10-. The first kappa shape index (κ1) is 10.3. The van der Waals surface area contributed by atoms with Crippen molar-refractivity contribution in [3.63, 3.8) is 0 Å². The maximum absolute atomic E-state index is 11.1. The summed E-state index contributed by atoms with van der Waals surface area (Å²) in [7, 11) is 0. The van der Waals surface area contributed by atoms with Crippen LogP contribution in [0.5, 0.6) is 0 Å². The van der Waals surface area contributed by atoms with Crippen molar-refractivity contribution >= 4 is 23.0 Å². The highest BCUT2D eigenvalue weighted by Crippen LogP contribution is 2.06. The number of hydrogen-bond donors (Lipinski definition) is 1. The minimum absolute atomic E-state index is 0.0646. The van der Waals surface area contributed by atoms with Gasteiger partial charge in [-0.1, -0.05) is 18.2 Å². The number of rotatable bonds is 2. The highest BCUT2D eigenvalue weighted by atomic mass is 16.2. The fourth-order valence-electron chi connectivity index (χ4n) is 1.30. The summed E-state index contributed by atoms with van der Waals surface area (Å²) < 4.78 is 0. The van der Waals surface area contributed by atoms with Crippen molar-refractivity contribution in [1.29, 1.82) is 0 Å². The molecule has 4 heteroatoms. The molecule has 80 valence electrons.